The van der Waals surface area contributed by atoms with Gasteiger partial charge in [0.1, 0.15) is 0 Å². The number of nitrogens with zero attached hydrogens (tertiary/aromatic N) is 2. The lowest BCUT2D eigenvalue weighted by molar-refractivity contribution is -0.144. The van der Waals surface area contributed by atoms with E-state index in [4.69, 9.17) is 5.73 Å². The van der Waals surface area contributed by atoms with E-state index < -0.39 is 55.1 Å². The lowest BCUT2D eigenvalue weighted by Crippen LogP contribution is -2.34. The number of unbranched alkanes of at least 4 members (excludes halogenated alkanes) is 6. The van der Waals surface area contributed by atoms with E-state index in [1.54, 1.807) is 42.5 Å². The molecule has 0 bridgehead atoms. The van der Waals surface area contributed by atoms with Crippen LogP contribution in [0.5, 0.6) is 0 Å². The fraction of sp³-hybridized carbons (Fsp3) is 0.700. The number of rotatable bonds is 16. The molecular formula is C40H59ClF6N4O4S2. The summed E-state index contributed by atoms with van der Waals surface area (Å²) in [5, 5.41) is 0. The molecule has 2 aliphatic carbocycles. The smallest absolute Gasteiger partial charge is 0.389 e. The SMILES string of the molecule is CCCCCCN1CC2C(C1)C2(CC(F)(F)F)c1cccc(N)c1.CCCCCCN1CC2C(C1)C2(CC(F)(F)F)c1cccc(NS(C)(=O)=O)c1.CS(=O)(=O)Cl. The Morgan fingerprint density at radius 3 is 1.42 bits per heavy atom. The van der Waals surface area contributed by atoms with Crippen molar-refractivity contribution in [3.8, 4) is 0 Å². The summed E-state index contributed by atoms with van der Waals surface area (Å²) < 4.78 is 124. The molecule has 2 saturated heterocycles. The molecule has 2 aromatic carbocycles. The Balaban J connectivity index is 0.000000228. The Morgan fingerprint density at radius 1 is 0.684 bits per heavy atom. The molecule has 3 N–H and O–H groups in total. The van der Waals surface area contributed by atoms with Crippen LogP contribution in [0.15, 0.2) is 48.5 Å². The maximum Gasteiger partial charge on any atom is 0.389 e. The zero-order valence-corrected chi connectivity index (χ0v) is 35.7. The first-order valence-electron chi connectivity index (χ1n) is 19.8. The van der Waals surface area contributed by atoms with Crippen LogP contribution in [-0.4, -0.2) is 90.8 Å². The summed E-state index contributed by atoms with van der Waals surface area (Å²) in [5.74, 6) is 0.196. The zero-order valence-electron chi connectivity index (χ0n) is 33.3. The first kappa shape index (κ1) is 47.4. The Labute approximate surface area is 339 Å². The van der Waals surface area contributed by atoms with E-state index in [2.05, 4.69) is 39.1 Å². The molecule has 0 radical (unpaired) electrons. The molecule has 2 aliphatic heterocycles. The largest absolute Gasteiger partial charge is 0.399 e. The number of benzene rings is 2. The highest BCUT2D eigenvalue weighted by Gasteiger charge is 2.72. The fourth-order valence-electron chi connectivity index (χ4n) is 9.68. The van der Waals surface area contributed by atoms with Gasteiger partial charge in [0.05, 0.1) is 25.4 Å². The van der Waals surface area contributed by atoms with Crippen LogP contribution < -0.4 is 10.5 Å². The summed E-state index contributed by atoms with van der Waals surface area (Å²) in [6.45, 7) is 9.28. The third-order valence-corrected chi connectivity index (χ3v) is 12.6. The second-order valence-corrected chi connectivity index (χ2v) is 21.3. The van der Waals surface area contributed by atoms with E-state index in [1.807, 2.05) is 6.07 Å². The van der Waals surface area contributed by atoms with E-state index >= 15 is 0 Å². The van der Waals surface area contributed by atoms with E-state index in [1.165, 1.54) is 25.7 Å². The molecule has 2 saturated carbocycles. The lowest BCUT2D eigenvalue weighted by atomic mass is 9.86. The molecular weight excluding hydrogens is 814 g/mol. The summed E-state index contributed by atoms with van der Waals surface area (Å²) in [5.41, 5.74) is 6.41. The number of likely N-dealkylation sites (tertiary alicyclic amines) is 2. The molecule has 57 heavy (non-hydrogen) atoms. The molecule has 4 atom stereocenters. The first-order chi connectivity index (χ1) is 26.4. The number of piperidine rings is 2. The number of hydrogen-bond donors (Lipinski definition) is 2. The topological polar surface area (TPSA) is 113 Å². The summed E-state index contributed by atoms with van der Waals surface area (Å²) in [7, 11) is -2.17. The van der Waals surface area contributed by atoms with E-state index in [9.17, 15) is 43.2 Å². The van der Waals surface area contributed by atoms with E-state index in [0.717, 1.165) is 69.9 Å². The van der Waals surface area contributed by atoms with Crippen LogP contribution in [0.3, 0.4) is 0 Å². The average molecular weight is 874 g/mol. The van der Waals surface area contributed by atoms with Crippen molar-refractivity contribution in [2.24, 2.45) is 23.7 Å². The lowest BCUT2D eigenvalue weighted by Gasteiger charge is -2.28. The number of sulfonamides is 1. The molecule has 0 spiro atoms. The van der Waals surface area contributed by atoms with Gasteiger partial charge in [-0.05, 0) is 85.0 Å². The highest BCUT2D eigenvalue weighted by atomic mass is 35.7. The van der Waals surface area contributed by atoms with E-state index in [0.29, 0.717) is 30.0 Å². The molecule has 324 valence electrons. The van der Waals surface area contributed by atoms with Gasteiger partial charge in [-0.1, -0.05) is 76.6 Å². The van der Waals surface area contributed by atoms with Crippen molar-refractivity contribution in [2.45, 2.75) is 101 Å². The minimum atomic E-state index is -4.25. The molecule has 17 heteroatoms. The van der Waals surface area contributed by atoms with Crippen LogP contribution in [-0.2, 0) is 29.9 Å². The summed E-state index contributed by atoms with van der Waals surface area (Å²) in [4.78, 5) is 4.64. The van der Waals surface area contributed by atoms with Crippen LogP contribution in [0.1, 0.15) is 89.2 Å². The Hall–Kier alpha value is -2.27. The van der Waals surface area contributed by atoms with Crippen molar-refractivity contribution in [2.75, 3.05) is 62.2 Å². The van der Waals surface area contributed by atoms with Crippen molar-refractivity contribution < 1.29 is 43.2 Å². The van der Waals surface area contributed by atoms with Crippen LogP contribution in [0.25, 0.3) is 0 Å². The monoisotopic (exact) mass is 872 g/mol. The Kier molecular flexibility index (Phi) is 15.8. The Bertz CT molecular complexity index is 1820. The number of halogens is 7. The molecule has 8 nitrogen and oxygen atoms in total. The predicted octanol–water partition coefficient (Wildman–Crippen LogP) is 9.18. The average Bonchev–Trinajstić information content (AvgIpc) is 3.58. The number of hydrogen-bond acceptors (Lipinski definition) is 7. The maximum absolute atomic E-state index is 13.4. The van der Waals surface area contributed by atoms with Crippen LogP contribution in [0.2, 0.25) is 0 Å². The second kappa shape index (κ2) is 19.0. The summed E-state index contributed by atoms with van der Waals surface area (Å²) in [6.07, 6.45) is 1.42. The van der Waals surface area contributed by atoms with Crippen molar-refractivity contribution in [3.05, 3.63) is 59.7 Å². The van der Waals surface area contributed by atoms with Crippen LogP contribution in [0, 0.1) is 23.7 Å². The quantitative estimate of drug-likeness (QED) is 0.0749. The third-order valence-electron chi connectivity index (χ3n) is 12.0. The van der Waals surface area contributed by atoms with Gasteiger partial charge in [-0.15, -0.1) is 0 Å². The van der Waals surface area contributed by atoms with Gasteiger partial charge < -0.3 is 15.5 Å². The van der Waals surface area contributed by atoms with Crippen molar-refractivity contribution in [3.63, 3.8) is 0 Å². The number of fused-ring (bicyclic) bond motifs is 2. The number of nitrogen functional groups attached to an aromatic ring is 1. The zero-order chi connectivity index (χ0) is 42.5. The van der Waals surface area contributed by atoms with E-state index in [-0.39, 0.29) is 23.7 Å². The fourth-order valence-corrected chi connectivity index (χ4v) is 10.2. The normalized spacial score (nSPS) is 27.1. The predicted molar refractivity (Wildman–Crippen MR) is 216 cm³/mol. The van der Waals surface area contributed by atoms with Gasteiger partial charge in [0, 0.05) is 59.1 Å². The molecule has 0 amide bonds. The number of nitrogens with two attached hydrogens (primary N) is 1. The Morgan fingerprint density at radius 2 is 1.07 bits per heavy atom. The summed E-state index contributed by atoms with van der Waals surface area (Å²) in [6, 6.07) is 13.6. The minimum absolute atomic E-state index is 0.0196. The standard InChI is InChI=1S/C20H29F3N2O2S.C19H27F3N2.CH3ClO2S/c1-3-4-5-6-10-25-12-17-18(13-25)19(17,14-20(21,22)23)15-8-7-9-16(11-15)24-28(2,26)27;1-2-3-4-5-9-24-11-16-17(12-24)18(16,13-19(20,21)22)14-7-6-8-15(23)10-14;1-5(2,3)4/h7-9,11,17-18,24H,3-6,10,12-14H2,1-2H3;6-8,10,16-17H,2-5,9,11-13,23H2,1H3;1H3. The van der Waals surface area contributed by atoms with Gasteiger partial charge in [0.2, 0.25) is 19.1 Å². The molecule has 2 heterocycles. The molecule has 6 rings (SSSR count). The van der Waals surface area contributed by atoms with Gasteiger partial charge in [-0.25, -0.2) is 16.8 Å². The number of alkyl halides is 6. The van der Waals surface area contributed by atoms with Crippen molar-refractivity contribution >= 4 is 41.1 Å². The van der Waals surface area contributed by atoms with Gasteiger partial charge in [-0.3, -0.25) is 4.72 Å². The van der Waals surface area contributed by atoms with Crippen molar-refractivity contribution in [1.29, 1.82) is 0 Å². The molecule has 4 unspecified atom stereocenters. The van der Waals surface area contributed by atoms with Crippen LogP contribution in [0.4, 0.5) is 37.7 Å². The summed E-state index contributed by atoms with van der Waals surface area (Å²) >= 11 is 0. The minimum Gasteiger partial charge on any atom is -0.399 e. The highest BCUT2D eigenvalue weighted by Crippen LogP contribution is 2.68. The number of nitrogens with one attached hydrogen (secondary N) is 1. The van der Waals surface area contributed by atoms with Gasteiger partial charge in [0.25, 0.3) is 0 Å². The van der Waals surface area contributed by atoms with Gasteiger partial charge >= 0.3 is 12.4 Å². The molecule has 4 fully saturated rings. The van der Waals surface area contributed by atoms with Crippen molar-refractivity contribution in [1.82, 2.24) is 9.80 Å². The second-order valence-electron chi connectivity index (χ2n) is 16.5. The first-order valence-corrected chi connectivity index (χ1v) is 24.4. The third kappa shape index (κ3) is 13.6. The maximum atomic E-state index is 13.4. The number of anilines is 2. The highest BCUT2D eigenvalue weighted by molar-refractivity contribution is 8.13. The molecule has 0 aromatic heterocycles. The molecule has 2 aromatic rings. The molecule has 4 aliphatic rings. The van der Waals surface area contributed by atoms with Gasteiger partial charge in [0.15, 0.2) is 0 Å². The van der Waals surface area contributed by atoms with Gasteiger partial charge in [-0.2, -0.15) is 26.3 Å². The van der Waals surface area contributed by atoms with Crippen LogP contribution >= 0.6 is 10.7 Å².